The summed E-state index contributed by atoms with van der Waals surface area (Å²) in [4.78, 5) is 17.4. The third-order valence-electron chi connectivity index (χ3n) is 5.30. The van der Waals surface area contributed by atoms with Crippen LogP contribution in [0.4, 0.5) is 0 Å². The number of esters is 1. The molecule has 0 saturated carbocycles. The fraction of sp³-hybridized carbons (Fsp3) is 0.407. The molecule has 0 aliphatic rings. The van der Waals surface area contributed by atoms with Crippen LogP contribution in [0.15, 0.2) is 67.0 Å². The predicted octanol–water partition coefficient (Wildman–Crippen LogP) is 5.32. The first-order valence-electron chi connectivity index (χ1n) is 11.5. The van der Waals surface area contributed by atoms with Crippen molar-refractivity contribution in [3.05, 3.63) is 78.1 Å². The monoisotopic (exact) mass is 482 g/mol. The second-order valence-corrected chi connectivity index (χ2v) is 11.9. The Hall–Kier alpha value is -2.77. The van der Waals surface area contributed by atoms with Gasteiger partial charge in [0.15, 0.2) is 0 Å². The standard InChI is InChI=1S/C27H34N2O4S/c1-20(2)15-25(26(30)33-27(3,4)5)29(18-22-9-8-14-28-17-22)34(31,32)19-21-12-13-23-10-6-7-11-24(23)16-21/h6-14,16-17,20,25H,15,18-19H2,1-5H3/t25-/m1/s1. The Morgan fingerprint density at radius 2 is 1.71 bits per heavy atom. The molecular formula is C27H34N2O4S. The number of nitrogens with zero attached hydrogens (tertiary/aromatic N) is 2. The van der Waals surface area contributed by atoms with Crippen LogP contribution in [0.5, 0.6) is 0 Å². The van der Waals surface area contributed by atoms with Gasteiger partial charge >= 0.3 is 5.97 Å². The number of carbonyl (C=O) groups excluding carboxylic acids is 1. The predicted molar refractivity (Wildman–Crippen MR) is 135 cm³/mol. The normalized spacial score (nSPS) is 13.4. The highest BCUT2D eigenvalue weighted by molar-refractivity contribution is 7.88. The van der Waals surface area contributed by atoms with Crippen LogP contribution in [0.1, 0.15) is 52.2 Å². The minimum Gasteiger partial charge on any atom is -0.459 e. The van der Waals surface area contributed by atoms with Gasteiger partial charge in [-0.15, -0.1) is 0 Å². The van der Waals surface area contributed by atoms with E-state index in [2.05, 4.69) is 4.98 Å². The molecule has 0 aliphatic heterocycles. The first-order valence-corrected chi connectivity index (χ1v) is 13.1. The molecule has 7 heteroatoms. The summed E-state index contributed by atoms with van der Waals surface area (Å²) in [6, 6.07) is 16.1. The third kappa shape index (κ3) is 7.11. The summed E-state index contributed by atoms with van der Waals surface area (Å²) in [6.45, 7) is 9.33. The van der Waals surface area contributed by atoms with E-state index in [1.54, 1.807) is 39.2 Å². The van der Waals surface area contributed by atoms with Gasteiger partial charge in [0.2, 0.25) is 10.0 Å². The highest BCUT2D eigenvalue weighted by Gasteiger charge is 2.38. The van der Waals surface area contributed by atoms with Crippen molar-refractivity contribution >= 4 is 26.8 Å². The third-order valence-corrected chi connectivity index (χ3v) is 7.10. The number of aromatic nitrogens is 1. The molecule has 1 heterocycles. The molecule has 0 amide bonds. The minimum absolute atomic E-state index is 0.0420. The quantitative estimate of drug-likeness (QED) is 0.386. The Bertz CT molecular complexity index is 1220. The summed E-state index contributed by atoms with van der Waals surface area (Å²) in [5, 5.41) is 2.02. The van der Waals surface area contributed by atoms with Gasteiger partial charge in [-0.3, -0.25) is 9.78 Å². The molecule has 0 bridgehead atoms. The van der Waals surface area contributed by atoms with Crippen LogP contribution in [0.2, 0.25) is 0 Å². The van der Waals surface area contributed by atoms with Crippen molar-refractivity contribution in [1.29, 1.82) is 0 Å². The maximum atomic E-state index is 13.8. The van der Waals surface area contributed by atoms with Gasteiger partial charge in [0.1, 0.15) is 11.6 Å². The molecule has 0 saturated heterocycles. The molecule has 1 aromatic heterocycles. The van der Waals surface area contributed by atoms with E-state index < -0.39 is 27.6 Å². The number of benzene rings is 2. The molecule has 0 N–H and O–H groups in total. The molecule has 0 fully saturated rings. The lowest BCUT2D eigenvalue weighted by molar-refractivity contribution is -0.160. The van der Waals surface area contributed by atoms with Gasteiger partial charge in [-0.05, 0) is 61.1 Å². The topological polar surface area (TPSA) is 76.6 Å². The number of hydrogen-bond donors (Lipinski definition) is 0. The number of rotatable bonds is 9. The van der Waals surface area contributed by atoms with E-state index in [1.807, 2.05) is 62.4 Å². The molecule has 2 aromatic carbocycles. The van der Waals surface area contributed by atoms with Gasteiger partial charge in [0.25, 0.3) is 0 Å². The zero-order chi connectivity index (χ0) is 24.9. The largest absolute Gasteiger partial charge is 0.459 e. The van der Waals surface area contributed by atoms with Crippen LogP contribution in [-0.4, -0.2) is 35.3 Å². The van der Waals surface area contributed by atoms with Crippen molar-refractivity contribution in [3.63, 3.8) is 0 Å². The summed E-state index contributed by atoms with van der Waals surface area (Å²) >= 11 is 0. The van der Waals surface area contributed by atoms with E-state index in [4.69, 9.17) is 4.74 Å². The number of carbonyl (C=O) groups is 1. The van der Waals surface area contributed by atoms with E-state index in [0.717, 1.165) is 10.8 Å². The number of sulfonamides is 1. The van der Waals surface area contributed by atoms with Gasteiger partial charge in [0.05, 0.1) is 5.75 Å². The lowest BCUT2D eigenvalue weighted by atomic mass is 10.0. The number of fused-ring (bicyclic) bond motifs is 1. The average molecular weight is 483 g/mol. The molecule has 34 heavy (non-hydrogen) atoms. The van der Waals surface area contributed by atoms with E-state index in [1.165, 1.54) is 4.31 Å². The van der Waals surface area contributed by atoms with Crippen LogP contribution in [0.25, 0.3) is 10.8 Å². The number of pyridine rings is 1. The van der Waals surface area contributed by atoms with Gasteiger partial charge in [-0.2, -0.15) is 4.31 Å². The zero-order valence-corrected chi connectivity index (χ0v) is 21.4. The lowest BCUT2D eigenvalue weighted by Gasteiger charge is -2.33. The van der Waals surface area contributed by atoms with Crippen LogP contribution in [-0.2, 0) is 31.9 Å². The van der Waals surface area contributed by atoms with E-state index >= 15 is 0 Å². The molecule has 1 atom stereocenters. The molecule has 0 radical (unpaired) electrons. The van der Waals surface area contributed by atoms with Gasteiger partial charge in [-0.25, -0.2) is 8.42 Å². The van der Waals surface area contributed by atoms with Crippen molar-refractivity contribution < 1.29 is 17.9 Å². The lowest BCUT2D eigenvalue weighted by Crippen LogP contribution is -2.48. The average Bonchev–Trinajstić information content (AvgIpc) is 2.75. The Balaban J connectivity index is 2.01. The van der Waals surface area contributed by atoms with E-state index in [-0.39, 0.29) is 18.2 Å². The Morgan fingerprint density at radius 1 is 1.00 bits per heavy atom. The maximum Gasteiger partial charge on any atom is 0.324 e. The van der Waals surface area contributed by atoms with Crippen LogP contribution < -0.4 is 0 Å². The fourth-order valence-electron chi connectivity index (χ4n) is 3.84. The molecular weight excluding hydrogens is 448 g/mol. The van der Waals surface area contributed by atoms with Gasteiger partial charge in [-0.1, -0.05) is 62.4 Å². The summed E-state index contributed by atoms with van der Waals surface area (Å²) in [6.07, 6.45) is 3.61. The highest BCUT2D eigenvalue weighted by Crippen LogP contribution is 2.25. The van der Waals surface area contributed by atoms with Gasteiger partial charge < -0.3 is 4.74 Å². The molecule has 6 nitrogen and oxygen atoms in total. The SMILES string of the molecule is CC(C)C[C@H](C(=O)OC(C)(C)C)N(Cc1cccnc1)S(=O)(=O)Cc1ccc2ccccc2c1. The summed E-state index contributed by atoms with van der Waals surface area (Å²) in [7, 11) is -3.88. The maximum absolute atomic E-state index is 13.8. The van der Waals surface area contributed by atoms with Crippen molar-refractivity contribution in [3.8, 4) is 0 Å². The summed E-state index contributed by atoms with van der Waals surface area (Å²) in [5.74, 6) is -0.660. The molecule has 0 spiro atoms. The van der Waals surface area contributed by atoms with Crippen molar-refractivity contribution in [1.82, 2.24) is 9.29 Å². The first kappa shape index (κ1) is 25.8. The molecule has 3 aromatic rings. The Morgan fingerprint density at radius 3 is 2.32 bits per heavy atom. The molecule has 0 unspecified atom stereocenters. The summed E-state index contributed by atoms with van der Waals surface area (Å²) in [5.41, 5.74) is 0.651. The van der Waals surface area contributed by atoms with Crippen LogP contribution in [0, 0.1) is 5.92 Å². The zero-order valence-electron chi connectivity index (χ0n) is 20.6. The molecule has 0 aliphatic carbocycles. The fourth-order valence-corrected chi connectivity index (χ4v) is 5.52. The van der Waals surface area contributed by atoms with Crippen LogP contribution in [0.3, 0.4) is 0 Å². The smallest absolute Gasteiger partial charge is 0.324 e. The number of hydrogen-bond acceptors (Lipinski definition) is 5. The van der Waals surface area contributed by atoms with Crippen LogP contribution >= 0.6 is 0 Å². The molecule has 3 rings (SSSR count). The second-order valence-electron chi connectivity index (χ2n) is 10.0. The molecule has 182 valence electrons. The second kappa shape index (κ2) is 10.7. The Kier molecular flexibility index (Phi) is 8.10. The highest BCUT2D eigenvalue weighted by atomic mass is 32.2. The summed E-state index contributed by atoms with van der Waals surface area (Å²) < 4.78 is 34.6. The minimum atomic E-state index is -3.88. The van der Waals surface area contributed by atoms with Crippen molar-refractivity contribution in [2.24, 2.45) is 5.92 Å². The van der Waals surface area contributed by atoms with E-state index in [0.29, 0.717) is 17.5 Å². The van der Waals surface area contributed by atoms with Crippen molar-refractivity contribution in [2.75, 3.05) is 0 Å². The number of ether oxygens (including phenoxy) is 1. The van der Waals surface area contributed by atoms with Gasteiger partial charge in [0, 0.05) is 18.9 Å². The first-order chi connectivity index (χ1) is 15.9. The van der Waals surface area contributed by atoms with E-state index in [9.17, 15) is 13.2 Å². The Labute approximate surface area is 203 Å². The van der Waals surface area contributed by atoms with Crippen molar-refractivity contribution in [2.45, 2.75) is 65.0 Å².